The summed E-state index contributed by atoms with van der Waals surface area (Å²) in [6.45, 7) is 5.85. The third-order valence-electron chi connectivity index (χ3n) is 4.33. The van der Waals surface area contributed by atoms with Crippen LogP contribution in [0.4, 0.5) is 11.4 Å². The maximum atomic E-state index is 12.2. The smallest absolute Gasteiger partial charge is 0.293 e. The molecule has 0 unspecified atom stereocenters. The van der Waals surface area contributed by atoms with Gasteiger partial charge in [0, 0.05) is 6.07 Å². The van der Waals surface area contributed by atoms with Gasteiger partial charge in [0.05, 0.1) is 17.1 Å². The average molecular weight is 412 g/mol. The highest BCUT2D eigenvalue weighted by Gasteiger charge is 2.17. The number of nitrogens with zero attached hydrogens (tertiary/aromatic N) is 3. The fourth-order valence-corrected chi connectivity index (χ4v) is 3.25. The molecule has 0 aliphatic carbocycles. The van der Waals surface area contributed by atoms with Crippen molar-refractivity contribution in [1.29, 1.82) is 0 Å². The highest BCUT2D eigenvalue weighted by atomic mass is 32.2. The Morgan fingerprint density at radius 2 is 1.93 bits per heavy atom. The van der Waals surface area contributed by atoms with E-state index < -0.39 is 10.8 Å². The Morgan fingerprint density at radius 1 is 1.14 bits per heavy atom. The van der Waals surface area contributed by atoms with E-state index in [1.165, 1.54) is 23.3 Å². The van der Waals surface area contributed by atoms with Gasteiger partial charge in [-0.15, -0.1) is 10.2 Å². The molecule has 0 spiro atoms. The van der Waals surface area contributed by atoms with E-state index in [0.717, 1.165) is 22.9 Å². The summed E-state index contributed by atoms with van der Waals surface area (Å²) in [5.41, 5.74) is 4.24. The number of amides is 1. The van der Waals surface area contributed by atoms with Gasteiger partial charge in [-0.1, -0.05) is 36.0 Å². The minimum Gasteiger partial charge on any atom is -0.416 e. The number of aromatic nitrogens is 2. The Bertz CT molecular complexity index is 1060. The zero-order valence-corrected chi connectivity index (χ0v) is 17.1. The molecule has 150 valence electrons. The Labute approximate surface area is 171 Å². The van der Waals surface area contributed by atoms with Crippen molar-refractivity contribution in [2.45, 2.75) is 32.4 Å². The van der Waals surface area contributed by atoms with Crippen molar-refractivity contribution in [3.63, 3.8) is 0 Å². The first-order valence-corrected chi connectivity index (χ1v) is 9.86. The van der Waals surface area contributed by atoms with E-state index in [9.17, 15) is 14.9 Å². The number of nitro benzene ring substituents is 1. The lowest BCUT2D eigenvalue weighted by atomic mass is 10.0. The standard InChI is InChI=1S/C20H20N4O4S/c1-12-4-7-16(17(8-12)24(26)27)21-18(25)11-29-20-23-22-19(28-20)10-15-6-5-13(2)14(3)9-15/h4-9H,10-11H2,1-3H3,(H,21,25). The minimum atomic E-state index is -0.521. The van der Waals surface area contributed by atoms with Crippen molar-refractivity contribution < 1.29 is 14.1 Å². The predicted octanol–water partition coefficient (Wildman–Crippen LogP) is 4.22. The maximum absolute atomic E-state index is 12.2. The van der Waals surface area contributed by atoms with E-state index in [2.05, 4.69) is 28.5 Å². The Balaban J connectivity index is 1.57. The van der Waals surface area contributed by atoms with Crippen molar-refractivity contribution in [2.75, 3.05) is 11.1 Å². The Morgan fingerprint density at radius 3 is 2.66 bits per heavy atom. The van der Waals surface area contributed by atoms with Gasteiger partial charge < -0.3 is 9.73 Å². The van der Waals surface area contributed by atoms with Crippen LogP contribution in [0.5, 0.6) is 0 Å². The van der Waals surface area contributed by atoms with Gasteiger partial charge in [0.1, 0.15) is 5.69 Å². The molecule has 8 nitrogen and oxygen atoms in total. The molecule has 0 saturated heterocycles. The van der Waals surface area contributed by atoms with Crippen LogP contribution < -0.4 is 5.32 Å². The summed E-state index contributed by atoms with van der Waals surface area (Å²) in [4.78, 5) is 22.8. The second-order valence-electron chi connectivity index (χ2n) is 6.67. The van der Waals surface area contributed by atoms with Gasteiger partial charge >= 0.3 is 0 Å². The summed E-state index contributed by atoms with van der Waals surface area (Å²) >= 11 is 1.08. The fraction of sp³-hybridized carbons (Fsp3) is 0.250. The van der Waals surface area contributed by atoms with E-state index >= 15 is 0 Å². The van der Waals surface area contributed by atoms with Crippen molar-refractivity contribution in [3.8, 4) is 0 Å². The quantitative estimate of drug-likeness (QED) is 0.351. The highest BCUT2D eigenvalue weighted by Crippen LogP contribution is 2.26. The molecule has 0 aliphatic heterocycles. The molecule has 0 bridgehead atoms. The Kier molecular flexibility index (Phi) is 6.28. The van der Waals surface area contributed by atoms with Crippen LogP contribution in [0.2, 0.25) is 0 Å². The lowest BCUT2D eigenvalue weighted by Gasteiger charge is -2.05. The topological polar surface area (TPSA) is 111 Å². The molecular weight excluding hydrogens is 392 g/mol. The lowest BCUT2D eigenvalue weighted by molar-refractivity contribution is -0.384. The van der Waals surface area contributed by atoms with Crippen LogP contribution >= 0.6 is 11.8 Å². The molecule has 0 fully saturated rings. The molecule has 1 heterocycles. The molecule has 0 atom stereocenters. The molecule has 0 aliphatic rings. The number of hydrogen-bond donors (Lipinski definition) is 1. The molecule has 2 aromatic carbocycles. The van der Waals surface area contributed by atoms with E-state index in [4.69, 9.17) is 4.42 Å². The first-order chi connectivity index (χ1) is 13.8. The second kappa shape index (κ2) is 8.87. The maximum Gasteiger partial charge on any atom is 0.293 e. The first-order valence-electron chi connectivity index (χ1n) is 8.88. The Hall–Kier alpha value is -3.20. The van der Waals surface area contributed by atoms with Crippen LogP contribution in [0.15, 0.2) is 46.0 Å². The molecule has 3 aromatic rings. The van der Waals surface area contributed by atoms with Gasteiger partial charge in [-0.25, -0.2) is 0 Å². The number of nitrogens with one attached hydrogen (secondary N) is 1. The van der Waals surface area contributed by atoms with Crippen molar-refractivity contribution in [3.05, 3.63) is 74.7 Å². The molecule has 29 heavy (non-hydrogen) atoms. The molecule has 1 amide bonds. The van der Waals surface area contributed by atoms with Crippen LogP contribution in [0.25, 0.3) is 0 Å². The van der Waals surface area contributed by atoms with Crippen molar-refractivity contribution >= 4 is 29.0 Å². The summed E-state index contributed by atoms with van der Waals surface area (Å²) in [7, 11) is 0. The summed E-state index contributed by atoms with van der Waals surface area (Å²) in [5.74, 6) is 0.0669. The summed E-state index contributed by atoms with van der Waals surface area (Å²) < 4.78 is 5.59. The molecule has 3 rings (SSSR count). The SMILES string of the molecule is Cc1ccc(NC(=O)CSc2nnc(Cc3ccc(C)c(C)c3)o2)c([N+](=O)[O-])c1. The van der Waals surface area contributed by atoms with Gasteiger partial charge in [0.25, 0.3) is 10.9 Å². The number of anilines is 1. The molecule has 0 saturated carbocycles. The monoisotopic (exact) mass is 412 g/mol. The number of carbonyl (C=O) groups excluding carboxylic acids is 1. The summed E-state index contributed by atoms with van der Waals surface area (Å²) in [5, 5.41) is 21.9. The van der Waals surface area contributed by atoms with Crippen LogP contribution in [-0.4, -0.2) is 26.8 Å². The van der Waals surface area contributed by atoms with Gasteiger partial charge in [-0.05, 0) is 49.1 Å². The number of nitro groups is 1. The normalized spacial score (nSPS) is 10.7. The number of aryl methyl sites for hydroxylation is 3. The van der Waals surface area contributed by atoms with E-state index in [1.807, 2.05) is 19.1 Å². The van der Waals surface area contributed by atoms with Gasteiger partial charge in [0.2, 0.25) is 11.8 Å². The molecule has 1 aromatic heterocycles. The lowest BCUT2D eigenvalue weighted by Crippen LogP contribution is -2.15. The third-order valence-corrected chi connectivity index (χ3v) is 5.14. The third kappa shape index (κ3) is 5.41. The van der Waals surface area contributed by atoms with E-state index in [0.29, 0.717) is 12.3 Å². The largest absolute Gasteiger partial charge is 0.416 e. The molecule has 9 heteroatoms. The van der Waals surface area contributed by atoms with E-state index in [1.54, 1.807) is 13.0 Å². The van der Waals surface area contributed by atoms with Crippen LogP contribution in [0.3, 0.4) is 0 Å². The average Bonchev–Trinajstić information content (AvgIpc) is 3.12. The number of thioether (sulfide) groups is 1. The fourth-order valence-electron chi connectivity index (χ4n) is 2.67. The number of carbonyl (C=O) groups is 1. The molecule has 1 N–H and O–H groups in total. The van der Waals surface area contributed by atoms with E-state index in [-0.39, 0.29) is 22.4 Å². The van der Waals surface area contributed by atoms with Gasteiger partial charge in [-0.2, -0.15) is 0 Å². The van der Waals surface area contributed by atoms with Crippen molar-refractivity contribution in [2.24, 2.45) is 0 Å². The van der Waals surface area contributed by atoms with Crippen molar-refractivity contribution in [1.82, 2.24) is 10.2 Å². The number of rotatable bonds is 7. The zero-order chi connectivity index (χ0) is 21.0. The molecular formula is C20H20N4O4S. The zero-order valence-electron chi connectivity index (χ0n) is 16.3. The summed E-state index contributed by atoms with van der Waals surface area (Å²) in [6.07, 6.45) is 0.510. The molecule has 0 radical (unpaired) electrons. The predicted molar refractivity (Wildman–Crippen MR) is 110 cm³/mol. The minimum absolute atomic E-state index is 0.00367. The number of hydrogen-bond acceptors (Lipinski definition) is 7. The highest BCUT2D eigenvalue weighted by molar-refractivity contribution is 7.99. The first kappa shape index (κ1) is 20.5. The second-order valence-corrected chi connectivity index (χ2v) is 7.60. The summed E-state index contributed by atoms with van der Waals surface area (Å²) in [6, 6.07) is 10.8. The van der Waals surface area contributed by atoms with Gasteiger partial charge in [-0.3, -0.25) is 14.9 Å². The number of benzene rings is 2. The van der Waals surface area contributed by atoms with Gasteiger partial charge in [0.15, 0.2) is 0 Å². The van der Waals surface area contributed by atoms with Crippen LogP contribution in [0, 0.1) is 30.9 Å². The van der Waals surface area contributed by atoms with Crippen LogP contribution in [0.1, 0.15) is 28.1 Å². The van der Waals surface area contributed by atoms with Crippen LogP contribution in [-0.2, 0) is 11.2 Å².